The topological polar surface area (TPSA) is 102 Å². The second-order valence-electron chi connectivity index (χ2n) is 6.78. The Balaban J connectivity index is 2.05. The van der Waals surface area contributed by atoms with E-state index in [1.807, 2.05) is 13.8 Å². The van der Waals surface area contributed by atoms with E-state index in [1.54, 1.807) is 6.92 Å². The lowest BCUT2D eigenvalue weighted by atomic mass is 9.46. The van der Waals surface area contributed by atoms with Gasteiger partial charge in [0.2, 0.25) is 5.91 Å². The van der Waals surface area contributed by atoms with Crippen molar-refractivity contribution in [1.29, 1.82) is 0 Å². The highest BCUT2D eigenvalue weighted by atomic mass is 16.5. The molecule has 0 spiro atoms. The molecule has 120 valence electrons. The van der Waals surface area contributed by atoms with Gasteiger partial charge in [-0.25, -0.2) is 0 Å². The van der Waals surface area contributed by atoms with Gasteiger partial charge in [-0.15, -0.1) is 0 Å². The molecule has 1 saturated heterocycles. The number of fused-ring (bicyclic) bond motifs is 1. The van der Waals surface area contributed by atoms with Gasteiger partial charge in [0.15, 0.2) is 0 Å². The lowest BCUT2D eigenvalue weighted by Crippen LogP contribution is -2.82. The Bertz CT molecular complexity index is 437. The first kappa shape index (κ1) is 16.2. The molecule has 0 aromatic rings. The molecule has 4 N–H and O–H groups in total. The number of amides is 1. The zero-order valence-corrected chi connectivity index (χ0v) is 13.0. The van der Waals surface area contributed by atoms with E-state index in [0.717, 1.165) is 19.4 Å². The van der Waals surface area contributed by atoms with Crippen molar-refractivity contribution < 1.29 is 19.4 Å². The zero-order chi connectivity index (χ0) is 15.8. The Morgan fingerprint density at radius 1 is 1.48 bits per heavy atom. The molecule has 1 aliphatic heterocycles. The average Bonchev–Trinajstić information content (AvgIpc) is 2.46. The molecule has 1 saturated carbocycles. The second-order valence-corrected chi connectivity index (χ2v) is 6.78. The van der Waals surface area contributed by atoms with E-state index in [-0.39, 0.29) is 24.5 Å². The first-order chi connectivity index (χ1) is 9.76. The summed E-state index contributed by atoms with van der Waals surface area (Å²) in [4.78, 5) is 23.6. The number of rotatable bonds is 5. The van der Waals surface area contributed by atoms with Crippen LogP contribution in [0, 0.1) is 17.3 Å². The summed E-state index contributed by atoms with van der Waals surface area (Å²) in [5.74, 6) is -1.69. The molecular formula is C15H26N2O4. The van der Waals surface area contributed by atoms with Crippen LogP contribution in [0.15, 0.2) is 0 Å². The maximum atomic E-state index is 12.6. The lowest BCUT2D eigenvalue weighted by molar-refractivity contribution is -0.225. The first-order valence-electron chi connectivity index (χ1n) is 7.68. The van der Waals surface area contributed by atoms with Gasteiger partial charge < -0.3 is 20.9 Å². The molecule has 2 fully saturated rings. The van der Waals surface area contributed by atoms with Crippen LogP contribution < -0.4 is 11.1 Å². The third-order valence-corrected chi connectivity index (χ3v) is 5.41. The van der Waals surface area contributed by atoms with E-state index >= 15 is 0 Å². The van der Waals surface area contributed by atoms with Crippen molar-refractivity contribution >= 4 is 11.9 Å². The van der Waals surface area contributed by atoms with Crippen LogP contribution >= 0.6 is 0 Å². The first-order valence-corrected chi connectivity index (χ1v) is 7.68. The molecule has 0 aromatic heterocycles. The highest BCUT2D eigenvalue weighted by molar-refractivity contribution is 5.89. The summed E-state index contributed by atoms with van der Waals surface area (Å²) in [5.41, 5.74) is 5.03. The van der Waals surface area contributed by atoms with Crippen molar-refractivity contribution in [3.63, 3.8) is 0 Å². The van der Waals surface area contributed by atoms with Crippen LogP contribution in [0.1, 0.15) is 40.0 Å². The van der Waals surface area contributed by atoms with E-state index in [2.05, 4.69) is 5.32 Å². The number of nitrogens with two attached hydrogens (primary N) is 1. The minimum absolute atomic E-state index is 0.0171. The molecule has 21 heavy (non-hydrogen) atoms. The van der Waals surface area contributed by atoms with Crippen molar-refractivity contribution in [2.24, 2.45) is 23.0 Å². The molecule has 6 heteroatoms. The van der Waals surface area contributed by atoms with Crippen LogP contribution in [-0.4, -0.2) is 41.8 Å². The highest BCUT2D eigenvalue weighted by Crippen LogP contribution is 2.57. The number of carbonyl (C=O) groups is 2. The van der Waals surface area contributed by atoms with Crippen molar-refractivity contribution in [2.75, 3.05) is 13.2 Å². The van der Waals surface area contributed by atoms with Crippen LogP contribution in [0.2, 0.25) is 0 Å². The smallest absolute Gasteiger partial charge is 0.308 e. The highest BCUT2D eigenvalue weighted by Gasteiger charge is 2.70. The summed E-state index contributed by atoms with van der Waals surface area (Å²) in [5, 5.41) is 11.8. The molecule has 1 heterocycles. The largest absolute Gasteiger partial charge is 0.481 e. The maximum absolute atomic E-state index is 12.6. The number of ether oxygens (including phenoxy) is 1. The molecule has 2 rings (SSSR count). The fourth-order valence-electron chi connectivity index (χ4n) is 3.81. The van der Waals surface area contributed by atoms with Gasteiger partial charge in [-0.1, -0.05) is 20.8 Å². The Labute approximate surface area is 125 Å². The molecular weight excluding hydrogens is 272 g/mol. The van der Waals surface area contributed by atoms with Crippen molar-refractivity contribution in [3.05, 3.63) is 0 Å². The molecule has 2 aliphatic rings. The van der Waals surface area contributed by atoms with Gasteiger partial charge in [0.25, 0.3) is 0 Å². The van der Waals surface area contributed by atoms with Gasteiger partial charge >= 0.3 is 5.97 Å². The third kappa shape index (κ3) is 2.34. The van der Waals surface area contributed by atoms with E-state index in [0.29, 0.717) is 6.42 Å². The Hall–Kier alpha value is -1.14. The monoisotopic (exact) mass is 298 g/mol. The fraction of sp³-hybridized carbons (Fsp3) is 0.867. The molecule has 0 aromatic carbocycles. The summed E-state index contributed by atoms with van der Waals surface area (Å²) in [6.07, 6.45) is 2.29. The summed E-state index contributed by atoms with van der Waals surface area (Å²) in [6, 6.07) is 0. The quantitative estimate of drug-likeness (QED) is 0.695. The molecule has 4 unspecified atom stereocenters. The molecule has 6 nitrogen and oxygen atoms in total. The van der Waals surface area contributed by atoms with Crippen LogP contribution in [0.25, 0.3) is 0 Å². The van der Waals surface area contributed by atoms with Crippen LogP contribution in [0.5, 0.6) is 0 Å². The summed E-state index contributed by atoms with van der Waals surface area (Å²) in [7, 11) is 0. The van der Waals surface area contributed by atoms with Gasteiger partial charge in [-0.2, -0.15) is 0 Å². The van der Waals surface area contributed by atoms with Gasteiger partial charge in [0.05, 0.1) is 12.0 Å². The van der Waals surface area contributed by atoms with E-state index < -0.39 is 22.8 Å². The lowest BCUT2D eigenvalue weighted by Gasteiger charge is -2.65. The molecule has 4 atom stereocenters. The Morgan fingerprint density at radius 2 is 2.14 bits per heavy atom. The summed E-state index contributed by atoms with van der Waals surface area (Å²) in [6.45, 7) is 6.54. The second kappa shape index (κ2) is 5.57. The molecule has 0 radical (unpaired) electrons. The third-order valence-electron chi connectivity index (χ3n) is 5.41. The fourth-order valence-corrected chi connectivity index (χ4v) is 3.81. The van der Waals surface area contributed by atoms with E-state index in [1.165, 1.54) is 0 Å². The van der Waals surface area contributed by atoms with Gasteiger partial charge in [-0.3, -0.25) is 9.59 Å². The van der Waals surface area contributed by atoms with Crippen molar-refractivity contribution in [3.8, 4) is 0 Å². The molecule has 1 amide bonds. The SMILES string of the molecule is CCC(CNC(=O)C1(N)C2CCCOC2C1(C)C)C(=O)O. The summed E-state index contributed by atoms with van der Waals surface area (Å²) < 4.78 is 5.77. The van der Waals surface area contributed by atoms with Crippen molar-refractivity contribution in [2.45, 2.75) is 51.7 Å². The number of nitrogens with one attached hydrogen (secondary N) is 1. The normalized spacial score (nSPS) is 35.2. The number of hydrogen-bond acceptors (Lipinski definition) is 4. The number of aliphatic carboxylic acids is 1. The standard InChI is InChI=1S/C15H26N2O4/c1-4-9(12(18)19)8-17-13(20)15(16)10-6-5-7-21-11(10)14(15,2)3/h9-11H,4-8,16H2,1-3H3,(H,17,20)(H,18,19). The van der Waals surface area contributed by atoms with Crippen LogP contribution in [0.4, 0.5) is 0 Å². The van der Waals surface area contributed by atoms with Gasteiger partial charge in [-0.05, 0) is 19.3 Å². The van der Waals surface area contributed by atoms with Crippen LogP contribution in [0.3, 0.4) is 0 Å². The van der Waals surface area contributed by atoms with Crippen LogP contribution in [-0.2, 0) is 14.3 Å². The molecule has 1 aliphatic carbocycles. The maximum Gasteiger partial charge on any atom is 0.308 e. The minimum atomic E-state index is -0.977. The Morgan fingerprint density at radius 3 is 2.71 bits per heavy atom. The number of hydrogen-bond donors (Lipinski definition) is 3. The van der Waals surface area contributed by atoms with Gasteiger partial charge in [0.1, 0.15) is 5.54 Å². The minimum Gasteiger partial charge on any atom is -0.481 e. The summed E-state index contributed by atoms with van der Waals surface area (Å²) >= 11 is 0. The van der Waals surface area contributed by atoms with Gasteiger partial charge in [0, 0.05) is 24.5 Å². The number of carboxylic acid groups (broad SMARTS) is 1. The van der Waals surface area contributed by atoms with E-state index in [4.69, 9.17) is 15.6 Å². The van der Waals surface area contributed by atoms with Crippen molar-refractivity contribution in [1.82, 2.24) is 5.32 Å². The molecule has 0 bridgehead atoms. The van der Waals surface area contributed by atoms with E-state index in [9.17, 15) is 9.59 Å². The predicted molar refractivity (Wildman–Crippen MR) is 77.6 cm³/mol. The average molecular weight is 298 g/mol. The number of carbonyl (C=O) groups excluding carboxylic acids is 1. The number of carboxylic acids is 1. The predicted octanol–water partition coefficient (Wildman–Crippen LogP) is 0.746. The Kier molecular flexibility index (Phi) is 4.31. The zero-order valence-electron chi connectivity index (χ0n) is 13.0.